The van der Waals surface area contributed by atoms with Crippen molar-refractivity contribution >= 4 is 17.6 Å². The van der Waals surface area contributed by atoms with Crippen LogP contribution in [0.2, 0.25) is 5.02 Å². The van der Waals surface area contributed by atoms with E-state index in [2.05, 4.69) is 0 Å². The summed E-state index contributed by atoms with van der Waals surface area (Å²) in [6.07, 6.45) is 0. The number of hydrogen-bond donors (Lipinski definition) is 0. The van der Waals surface area contributed by atoms with Crippen molar-refractivity contribution < 1.29 is 23.7 Å². The standard InChI is InChI=1S/C17H17ClO5/c1-20-13-5-7-15(21-2)11(8-13)10-23-17(19)14-9-12(18)4-6-16(14)22-3/h4-9H,10H2,1-3H3. The Hall–Kier alpha value is -2.40. The van der Waals surface area contributed by atoms with Crippen LogP contribution >= 0.6 is 11.6 Å². The summed E-state index contributed by atoms with van der Waals surface area (Å²) >= 11 is 5.92. The number of carbonyl (C=O) groups is 1. The summed E-state index contributed by atoms with van der Waals surface area (Å²) in [5, 5.41) is 0.428. The van der Waals surface area contributed by atoms with E-state index in [0.29, 0.717) is 27.8 Å². The summed E-state index contributed by atoms with van der Waals surface area (Å²) < 4.78 is 20.9. The molecule has 0 saturated carbocycles. The molecule has 122 valence electrons. The Balaban J connectivity index is 2.18. The predicted molar refractivity (Wildman–Crippen MR) is 86.7 cm³/mol. The van der Waals surface area contributed by atoms with Gasteiger partial charge in [0.05, 0.1) is 21.3 Å². The fraction of sp³-hybridized carbons (Fsp3) is 0.235. The molecule has 0 aliphatic rings. The van der Waals surface area contributed by atoms with Crippen LogP contribution in [0.1, 0.15) is 15.9 Å². The number of esters is 1. The van der Waals surface area contributed by atoms with Crippen LogP contribution < -0.4 is 14.2 Å². The van der Waals surface area contributed by atoms with Crippen molar-refractivity contribution in [2.75, 3.05) is 21.3 Å². The van der Waals surface area contributed by atoms with Crippen LogP contribution in [0, 0.1) is 0 Å². The molecule has 23 heavy (non-hydrogen) atoms. The van der Waals surface area contributed by atoms with E-state index in [9.17, 15) is 4.79 Å². The van der Waals surface area contributed by atoms with E-state index in [-0.39, 0.29) is 12.2 Å². The van der Waals surface area contributed by atoms with Gasteiger partial charge in [-0.25, -0.2) is 4.79 Å². The van der Waals surface area contributed by atoms with Crippen molar-refractivity contribution in [2.24, 2.45) is 0 Å². The molecule has 0 spiro atoms. The lowest BCUT2D eigenvalue weighted by Gasteiger charge is -2.12. The van der Waals surface area contributed by atoms with Gasteiger partial charge in [0.25, 0.3) is 0 Å². The summed E-state index contributed by atoms with van der Waals surface area (Å²) in [7, 11) is 4.59. The van der Waals surface area contributed by atoms with Crippen molar-refractivity contribution in [2.45, 2.75) is 6.61 Å². The molecule has 0 aromatic heterocycles. The van der Waals surface area contributed by atoms with Crippen molar-refractivity contribution in [3.05, 3.63) is 52.5 Å². The molecule has 0 radical (unpaired) electrons. The van der Waals surface area contributed by atoms with Gasteiger partial charge in [0.1, 0.15) is 29.4 Å². The van der Waals surface area contributed by atoms with Crippen LogP contribution in [0.25, 0.3) is 0 Å². The molecule has 0 fully saturated rings. The quantitative estimate of drug-likeness (QED) is 0.752. The monoisotopic (exact) mass is 336 g/mol. The average molecular weight is 337 g/mol. The lowest BCUT2D eigenvalue weighted by molar-refractivity contribution is 0.0466. The largest absolute Gasteiger partial charge is 0.497 e. The van der Waals surface area contributed by atoms with Crippen LogP contribution in [0.5, 0.6) is 17.2 Å². The van der Waals surface area contributed by atoms with Gasteiger partial charge in [-0.15, -0.1) is 0 Å². The normalized spacial score (nSPS) is 10.1. The van der Waals surface area contributed by atoms with Gasteiger partial charge in [-0.1, -0.05) is 11.6 Å². The molecule has 0 aliphatic heterocycles. The Morgan fingerprint density at radius 2 is 1.65 bits per heavy atom. The van der Waals surface area contributed by atoms with Crippen molar-refractivity contribution in [1.82, 2.24) is 0 Å². The molecule has 0 unspecified atom stereocenters. The second kappa shape index (κ2) is 7.74. The van der Waals surface area contributed by atoms with Gasteiger partial charge in [0.2, 0.25) is 0 Å². The predicted octanol–water partition coefficient (Wildman–Crippen LogP) is 3.72. The van der Waals surface area contributed by atoms with Gasteiger partial charge in [-0.05, 0) is 36.4 Å². The molecular weight excluding hydrogens is 320 g/mol. The van der Waals surface area contributed by atoms with Gasteiger partial charge in [-0.3, -0.25) is 0 Å². The third-order valence-corrected chi connectivity index (χ3v) is 3.46. The summed E-state index contributed by atoms with van der Waals surface area (Å²) in [5.41, 5.74) is 0.961. The molecule has 6 heteroatoms. The van der Waals surface area contributed by atoms with E-state index >= 15 is 0 Å². The van der Waals surface area contributed by atoms with E-state index in [1.54, 1.807) is 44.6 Å². The lowest BCUT2D eigenvalue weighted by atomic mass is 10.2. The maximum Gasteiger partial charge on any atom is 0.342 e. The fourth-order valence-corrected chi connectivity index (χ4v) is 2.23. The number of halogens is 1. The number of rotatable bonds is 6. The Morgan fingerprint density at radius 3 is 2.30 bits per heavy atom. The van der Waals surface area contributed by atoms with E-state index in [0.717, 1.165) is 0 Å². The Kier molecular flexibility index (Phi) is 5.71. The van der Waals surface area contributed by atoms with Crippen molar-refractivity contribution in [3.63, 3.8) is 0 Å². The Labute approximate surface area is 139 Å². The molecule has 0 bridgehead atoms. The molecule has 5 nitrogen and oxygen atoms in total. The second-order valence-corrected chi connectivity index (χ2v) is 5.03. The molecular formula is C17H17ClO5. The van der Waals surface area contributed by atoms with E-state index < -0.39 is 5.97 Å². The van der Waals surface area contributed by atoms with E-state index in [4.69, 9.17) is 30.5 Å². The molecule has 0 heterocycles. The van der Waals surface area contributed by atoms with Crippen molar-refractivity contribution in [1.29, 1.82) is 0 Å². The zero-order valence-electron chi connectivity index (χ0n) is 13.1. The van der Waals surface area contributed by atoms with Gasteiger partial charge in [0, 0.05) is 10.6 Å². The molecule has 2 rings (SSSR count). The van der Waals surface area contributed by atoms with Crippen molar-refractivity contribution in [3.8, 4) is 17.2 Å². The molecule has 0 amide bonds. The highest BCUT2D eigenvalue weighted by atomic mass is 35.5. The van der Waals surface area contributed by atoms with Crippen LogP contribution in [-0.2, 0) is 11.3 Å². The van der Waals surface area contributed by atoms with Crippen LogP contribution in [-0.4, -0.2) is 27.3 Å². The maximum absolute atomic E-state index is 12.3. The number of ether oxygens (including phenoxy) is 4. The molecule has 2 aromatic rings. The minimum atomic E-state index is -0.533. The first-order chi connectivity index (χ1) is 11.1. The smallest absolute Gasteiger partial charge is 0.342 e. The molecule has 0 saturated heterocycles. The topological polar surface area (TPSA) is 54.0 Å². The highest BCUT2D eigenvalue weighted by molar-refractivity contribution is 6.31. The first-order valence-electron chi connectivity index (χ1n) is 6.80. The Morgan fingerprint density at radius 1 is 0.957 bits per heavy atom. The first-order valence-corrected chi connectivity index (χ1v) is 7.18. The third kappa shape index (κ3) is 4.07. The zero-order valence-corrected chi connectivity index (χ0v) is 13.8. The summed E-state index contributed by atoms with van der Waals surface area (Å²) in [5.74, 6) is 1.13. The highest BCUT2D eigenvalue weighted by Gasteiger charge is 2.16. The van der Waals surface area contributed by atoms with Crippen LogP contribution in [0.3, 0.4) is 0 Å². The summed E-state index contributed by atoms with van der Waals surface area (Å²) in [6.45, 7) is 0.0366. The first kappa shape index (κ1) is 17.0. The third-order valence-electron chi connectivity index (χ3n) is 3.23. The maximum atomic E-state index is 12.3. The minimum Gasteiger partial charge on any atom is -0.497 e. The zero-order chi connectivity index (χ0) is 16.8. The van der Waals surface area contributed by atoms with Gasteiger partial charge in [0.15, 0.2) is 0 Å². The fourth-order valence-electron chi connectivity index (χ4n) is 2.06. The average Bonchev–Trinajstić information content (AvgIpc) is 2.59. The number of hydrogen-bond acceptors (Lipinski definition) is 5. The Bertz CT molecular complexity index is 699. The lowest BCUT2D eigenvalue weighted by Crippen LogP contribution is -2.08. The second-order valence-electron chi connectivity index (χ2n) is 4.60. The number of carbonyl (C=O) groups excluding carboxylic acids is 1. The number of methoxy groups -OCH3 is 3. The molecule has 0 N–H and O–H groups in total. The summed E-state index contributed by atoms with van der Waals surface area (Å²) in [4.78, 5) is 12.3. The highest BCUT2D eigenvalue weighted by Crippen LogP contribution is 2.27. The minimum absolute atomic E-state index is 0.0366. The SMILES string of the molecule is COc1ccc(OC)c(COC(=O)c2cc(Cl)ccc2OC)c1. The van der Waals surface area contributed by atoms with Gasteiger partial charge in [-0.2, -0.15) is 0 Å². The number of benzene rings is 2. The van der Waals surface area contributed by atoms with E-state index in [1.807, 2.05) is 0 Å². The molecule has 0 aliphatic carbocycles. The summed E-state index contributed by atoms with van der Waals surface area (Å²) in [6, 6.07) is 10.0. The van der Waals surface area contributed by atoms with Gasteiger partial charge < -0.3 is 18.9 Å². The van der Waals surface area contributed by atoms with Gasteiger partial charge >= 0.3 is 5.97 Å². The van der Waals surface area contributed by atoms with Crippen LogP contribution in [0.4, 0.5) is 0 Å². The van der Waals surface area contributed by atoms with Crippen LogP contribution in [0.15, 0.2) is 36.4 Å². The van der Waals surface area contributed by atoms with E-state index in [1.165, 1.54) is 13.2 Å². The molecule has 0 atom stereocenters. The molecule has 2 aromatic carbocycles.